The molecule has 1 heterocycles. The second-order valence-electron chi connectivity index (χ2n) is 3.47. The van der Waals surface area contributed by atoms with Crippen molar-refractivity contribution >= 4 is 11.6 Å². The van der Waals surface area contributed by atoms with Gasteiger partial charge in [0.25, 0.3) is 0 Å². The molecule has 1 amide bonds. The van der Waals surface area contributed by atoms with Crippen molar-refractivity contribution in [2.75, 3.05) is 5.32 Å². The number of hydrogen-bond donors (Lipinski definition) is 1. The highest BCUT2D eigenvalue weighted by atomic mass is 16.5. The van der Waals surface area contributed by atoms with Crippen LogP contribution in [0.4, 0.5) is 5.69 Å². The van der Waals surface area contributed by atoms with E-state index in [9.17, 15) is 4.79 Å². The lowest BCUT2D eigenvalue weighted by molar-refractivity contribution is -0.111. The summed E-state index contributed by atoms with van der Waals surface area (Å²) in [6.07, 6.45) is 3.47. The average molecular weight is 192 g/mol. The second kappa shape index (κ2) is 3.29. The fourth-order valence-corrected chi connectivity index (χ4v) is 1.34. The van der Waals surface area contributed by atoms with E-state index in [1.807, 2.05) is 6.92 Å². The van der Waals surface area contributed by atoms with E-state index in [4.69, 9.17) is 4.52 Å². The minimum atomic E-state index is -0.224. The monoisotopic (exact) mass is 192 g/mol. The molecule has 0 aliphatic heterocycles. The molecule has 1 aromatic rings. The van der Waals surface area contributed by atoms with Crippen LogP contribution in [0.2, 0.25) is 0 Å². The maximum Gasteiger partial charge on any atom is 0.247 e. The van der Waals surface area contributed by atoms with E-state index in [0.29, 0.717) is 5.92 Å². The summed E-state index contributed by atoms with van der Waals surface area (Å²) in [7, 11) is 0. The highest BCUT2D eigenvalue weighted by molar-refractivity contribution is 5.99. The Hall–Kier alpha value is -1.58. The molecule has 0 saturated heterocycles. The number of rotatable bonds is 3. The Kier molecular flexibility index (Phi) is 2.11. The normalized spacial score (nSPS) is 15.2. The number of anilines is 1. The van der Waals surface area contributed by atoms with Crippen molar-refractivity contribution in [3.8, 4) is 0 Å². The number of aryl methyl sites for hydroxylation is 1. The van der Waals surface area contributed by atoms with Gasteiger partial charge < -0.3 is 9.84 Å². The van der Waals surface area contributed by atoms with E-state index < -0.39 is 0 Å². The van der Waals surface area contributed by atoms with Crippen LogP contribution < -0.4 is 5.32 Å². The molecule has 0 aromatic carbocycles. The summed E-state index contributed by atoms with van der Waals surface area (Å²) >= 11 is 0. The largest absolute Gasteiger partial charge is 0.359 e. The molecule has 1 fully saturated rings. The number of carbonyl (C=O) groups is 1. The van der Waals surface area contributed by atoms with Gasteiger partial charge in [0.2, 0.25) is 5.91 Å². The first-order chi connectivity index (χ1) is 6.72. The van der Waals surface area contributed by atoms with Crippen LogP contribution in [0.3, 0.4) is 0 Å². The Morgan fingerprint density at radius 2 is 2.43 bits per heavy atom. The van der Waals surface area contributed by atoms with Crippen LogP contribution in [-0.4, -0.2) is 11.1 Å². The molecule has 1 saturated carbocycles. The van der Waals surface area contributed by atoms with Crippen molar-refractivity contribution in [2.45, 2.75) is 25.7 Å². The lowest BCUT2D eigenvalue weighted by Crippen LogP contribution is -2.08. The fourth-order valence-electron chi connectivity index (χ4n) is 1.34. The number of nitrogens with one attached hydrogen (secondary N) is 1. The maximum absolute atomic E-state index is 11.1. The third-order valence-corrected chi connectivity index (χ3v) is 2.27. The molecular weight excluding hydrogens is 180 g/mol. The third-order valence-electron chi connectivity index (χ3n) is 2.27. The van der Waals surface area contributed by atoms with Crippen molar-refractivity contribution < 1.29 is 9.32 Å². The smallest absolute Gasteiger partial charge is 0.247 e. The van der Waals surface area contributed by atoms with E-state index in [0.717, 1.165) is 30.0 Å². The Morgan fingerprint density at radius 1 is 1.71 bits per heavy atom. The van der Waals surface area contributed by atoms with Crippen LogP contribution in [0.25, 0.3) is 0 Å². The van der Waals surface area contributed by atoms with Gasteiger partial charge in [-0.05, 0) is 25.8 Å². The zero-order valence-corrected chi connectivity index (χ0v) is 8.04. The predicted molar refractivity (Wildman–Crippen MR) is 52.0 cm³/mol. The highest BCUT2D eigenvalue weighted by Crippen LogP contribution is 2.44. The van der Waals surface area contributed by atoms with Crippen molar-refractivity contribution in [1.82, 2.24) is 5.16 Å². The molecule has 4 nitrogen and oxygen atoms in total. The van der Waals surface area contributed by atoms with Crippen molar-refractivity contribution in [1.29, 1.82) is 0 Å². The van der Waals surface area contributed by atoms with Gasteiger partial charge in [0.15, 0.2) is 5.76 Å². The van der Waals surface area contributed by atoms with E-state index in [-0.39, 0.29) is 5.91 Å². The van der Waals surface area contributed by atoms with Gasteiger partial charge in [-0.15, -0.1) is 0 Å². The van der Waals surface area contributed by atoms with Crippen LogP contribution in [-0.2, 0) is 4.79 Å². The predicted octanol–water partition coefficient (Wildman–Crippen LogP) is 1.98. The third kappa shape index (κ3) is 1.55. The van der Waals surface area contributed by atoms with Gasteiger partial charge in [-0.1, -0.05) is 11.7 Å². The topological polar surface area (TPSA) is 55.1 Å². The van der Waals surface area contributed by atoms with Crippen molar-refractivity contribution in [2.24, 2.45) is 0 Å². The summed E-state index contributed by atoms with van der Waals surface area (Å²) in [5.74, 6) is 1.02. The Morgan fingerprint density at radius 3 is 3.00 bits per heavy atom. The van der Waals surface area contributed by atoms with E-state index >= 15 is 0 Å². The molecule has 0 radical (unpaired) electrons. The Labute approximate surface area is 82.0 Å². The van der Waals surface area contributed by atoms with E-state index in [1.165, 1.54) is 6.08 Å². The lowest BCUT2D eigenvalue weighted by atomic mass is 10.2. The molecule has 4 heteroatoms. The summed E-state index contributed by atoms with van der Waals surface area (Å²) in [5, 5.41) is 6.56. The number of nitrogens with zero attached hydrogens (tertiary/aromatic N) is 1. The van der Waals surface area contributed by atoms with Gasteiger partial charge in [-0.2, -0.15) is 0 Å². The zero-order valence-electron chi connectivity index (χ0n) is 8.04. The standard InChI is InChI=1S/C10H12N2O2/c1-3-8(13)11-9-6(2)12-14-10(9)7-4-5-7/h3,7H,1,4-5H2,2H3,(H,11,13). The second-order valence-corrected chi connectivity index (χ2v) is 3.47. The van der Waals surface area contributed by atoms with Crippen LogP contribution in [0.15, 0.2) is 17.2 Å². The summed E-state index contributed by atoms with van der Waals surface area (Å²) in [4.78, 5) is 11.1. The van der Waals surface area contributed by atoms with Crippen molar-refractivity contribution in [3.05, 3.63) is 24.1 Å². The minimum Gasteiger partial charge on any atom is -0.359 e. The molecule has 0 unspecified atom stereocenters. The van der Waals surface area contributed by atoms with Gasteiger partial charge >= 0.3 is 0 Å². The molecule has 0 bridgehead atoms. The van der Waals surface area contributed by atoms with Gasteiger partial charge in [-0.25, -0.2) is 0 Å². The number of aromatic nitrogens is 1. The van der Waals surface area contributed by atoms with Crippen LogP contribution in [0.1, 0.15) is 30.2 Å². The number of carbonyl (C=O) groups excluding carboxylic acids is 1. The molecule has 1 aliphatic carbocycles. The molecular formula is C10H12N2O2. The Balaban J connectivity index is 2.25. The fraction of sp³-hybridized carbons (Fsp3) is 0.400. The van der Waals surface area contributed by atoms with Crippen molar-refractivity contribution in [3.63, 3.8) is 0 Å². The Bertz CT molecular complexity index is 377. The van der Waals surface area contributed by atoms with Crippen LogP contribution in [0, 0.1) is 6.92 Å². The molecule has 0 spiro atoms. The van der Waals surface area contributed by atoms with Gasteiger partial charge in [0.1, 0.15) is 11.4 Å². The summed E-state index contributed by atoms with van der Waals surface area (Å²) < 4.78 is 5.17. The van der Waals surface area contributed by atoms with E-state index in [2.05, 4.69) is 17.1 Å². The van der Waals surface area contributed by atoms with Crippen LogP contribution in [0.5, 0.6) is 0 Å². The molecule has 1 aliphatic rings. The molecule has 74 valence electrons. The van der Waals surface area contributed by atoms with E-state index in [1.54, 1.807) is 0 Å². The SMILES string of the molecule is C=CC(=O)Nc1c(C)noc1C1CC1. The quantitative estimate of drug-likeness (QED) is 0.745. The first-order valence-electron chi connectivity index (χ1n) is 4.62. The first-order valence-corrected chi connectivity index (χ1v) is 4.62. The highest BCUT2D eigenvalue weighted by Gasteiger charge is 2.31. The maximum atomic E-state index is 11.1. The summed E-state index contributed by atoms with van der Waals surface area (Å²) in [6.45, 7) is 5.21. The van der Waals surface area contributed by atoms with Gasteiger partial charge in [-0.3, -0.25) is 4.79 Å². The zero-order chi connectivity index (χ0) is 10.1. The summed E-state index contributed by atoms with van der Waals surface area (Å²) in [5.41, 5.74) is 1.44. The number of hydrogen-bond acceptors (Lipinski definition) is 3. The van der Waals surface area contributed by atoms with Gasteiger partial charge in [0, 0.05) is 5.92 Å². The lowest BCUT2D eigenvalue weighted by Gasteiger charge is -2.00. The minimum absolute atomic E-state index is 0.224. The first kappa shape index (κ1) is 8.99. The molecule has 2 rings (SSSR count). The number of amides is 1. The summed E-state index contributed by atoms with van der Waals surface area (Å²) in [6, 6.07) is 0. The van der Waals surface area contributed by atoms with Gasteiger partial charge in [0.05, 0.1) is 0 Å². The molecule has 1 N–H and O–H groups in total. The van der Waals surface area contributed by atoms with Crippen LogP contribution >= 0.6 is 0 Å². The molecule has 14 heavy (non-hydrogen) atoms. The molecule has 0 atom stereocenters. The molecule has 1 aromatic heterocycles. The average Bonchev–Trinajstić information content (AvgIpc) is 2.95.